The highest BCUT2D eigenvalue weighted by atomic mass is 32.1. The summed E-state index contributed by atoms with van der Waals surface area (Å²) in [4.78, 5) is 18.8. The molecule has 31 heavy (non-hydrogen) atoms. The second-order valence-corrected chi connectivity index (χ2v) is 7.81. The zero-order valence-electron chi connectivity index (χ0n) is 16.7. The van der Waals surface area contributed by atoms with E-state index in [9.17, 15) is 14.3 Å². The number of aliphatic hydroxyl groups is 1. The predicted molar refractivity (Wildman–Crippen MR) is 122 cm³/mol. The van der Waals surface area contributed by atoms with Gasteiger partial charge in [0.25, 0.3) is 0 Å². The van der Waals surface area contributed by atoms with E-state index in [0.717, 1.165) is 5.39 Å². The van der Waals surface area contributed by atoms with Crippen LogP contribution in [0, 0.1) is 5.82 Å². The maximum atomic E-state index is 14.9. The van der Waals surface area contributed by atoms with Crippen molar-refractivity contribution in [1.29, 1.82) is 0 Å². The minimum Gasteiger partial charge on any atom is -0.377 e. The minimum atomic E-state index is -1.18. The summed E-state index contributed by atoms with van der Waals surface area (Å²) in [5, 5.41) is 16.8. The Labute approximate surface area is 183 Å². The average Bonchev–Trinajstić information content (AvgIpc) is 3.04. The van der Waals surface area contributed by atoms with E-state index in [0.29, 0.717) is 29.3 Å². The Hall–Kier alpha value is -3.14. The van der Waals surface area contributed by atoms with Crippen molar-refractivity contribution in [3.63, 3.8) is 0 Å². The number of aromatic nitrogens is 1. The van der Waals surface area contributed by atoms with Gasteiger partial charge in [0, 0.05) is 23.8 Å². The molecule has 0 saturated carbocycles. The summed E-state index contributed by atoms with van der Waals surface area (Å²) in [6.45, 7) is 2.59. The fourth-order valence-electron chi connectivity index (χ4n) is 3.39. The number of pyridine rings is 1. The number of ether oxygens (including phenoxy) is 1. The van der Waals surface area contributed by atoms with E-state index < -0.39 is 12.2 Å². The lowest BCUT2D eigenvalue weighted by Gasteiger charge is -2.21. The van der Waals surface area contributed by atoms with Gasteiger partial charge in [0.2, 0.25) is 11.8 Å². The topological polar surface area (TPSA) is 86.7 Å². The van der Waals surface area contributed by atoms with Gasteiger partial charge >= 0.3 is 0 Å². The van der Waals surface area contributed by atoms with E-state index in [1.54, 1.807) is 42.3 Å². The molecule has 3 N–H and O–H groups in total. The number of halogens is 1. The molecule has 3 aromatic rings. The van der Waals surface area contributed by atoms with Crippen LogP contribution in [0.25, 0.3) is 10.9 Å². The summed E-state index contributed by atoms with van der Waals surface area (Å²) < 4.78 is 20.3. The van der Waals surface area contributed by atoms with Crippen molar-refractivity contribution in [1.82, 2.24) is 10.3 Å². The standard InChI is InChI=1S/C22H21FN4O3S/c1-13(31)25-11-16-12-27(22(29)30-16)15-4-5-19(17(23)10-15)26-20-9-14-3-2-8-24-18(14)6-7-21(20)28/h2-10,16,22,29H,11-12H2,1H3,(H,25,31)(H,26,28)/t16-,22?/m0/s1. The smallest absolute Gasteiger partial charge is 0.238 e. The lowest BCUT2D eigenvalue weighted by Crippen LogP contribution is -2.33. The van der Waals surface area contributed by atoms with Crippen molar-refractivity contribution in [2.45, 2.75) is 19.4 Å². The van der Waals surface area contributed by atoms with Crippen LogP contribution in [0.4, 0.5) is 21.5 Å². The zero-order valence-corrected chi connectivity index (χ0v) is 17.5. The molecule has 1 aliphatic heterocycles. The molecule has 0 radical (unpaired) electrons. The predicted octanol–water partition coefficient (Wildman–Crippen LogP) is 2.90. The molecule has 0 bridgehead atoms. The first-order chi connectivity index (χ1) is 14.9. The first-order valence-corrected chi connectivity index (χ1v) is 10.1. The van der Waals surface area contributed by atoms with E-state index in [-0.39, 0.29) is 22.9 Å². The number of anilines is 3. The van der Waals surface area contributed by atoms with Crippen LogP contribution in [0.5, 0.6) is 0 Å². The highest BCUT2D eigenvalue weighted by Crippen LogP contribution is 2.28. The third-order valence-corrected chi connectivity index (χ3v) is 5.09. The molecule has 2 atom stereocenters. The molecule has 2 aromatic carbocycles. The molecular weight excluding hydrogens is 419 g/mol. The number of benzene rings is 1. The van der Waals surface area contributed by atoms with Crippen molar-refractivity contribution in [2.24, 2.45) is 0 Å². The average molecular weight is 441 g/mol. The fourth-order valence-corrected chi connectivity index (χ4v) is 3.47. The maximum Gasteiger partial charge on any atom is 0.238 e. The third kappa shape index (κ3) is 4.79. The lowest BCUT2D eigenvalue weighted by molar-refractivity contribution is -0.0864. The first-order valence-electron chi connectivity index (χ1n) is 9.71. The molecule has 1 aromatic heterocycles. The van der Waals surface area contributed by atoms with Crippen LogP contribution in [-0.2, 0) is 4.74 Å². The van der Waals surface area contributed by atoms with Crippen molar-refractivity contribution < 1.29 is 14.2 Å². The molecule has 1 unspecified atom stereocenters. The molecule has 1 aliphatic rings. The Balaban J connectivity index is 1.55. The van der Waals surface area contributed by atoms with E-state index in [1.165, 1.54) is 18.2 Å². The number of hydrogen-bond acceptors (Lipinski definition) is 7. The summed E-state index contributed by atoms with van der Waals surface area (Å²) in [5.74, 6) is -0.561. The van der Waals surface area contributed by atoms with Gasteiger partial charge in [0.05, 0.1) is 34.5 Å². The Morgan fingerprint density at radius 1 is 1.29 bits per heavy atom. The molecule has 0 amide bonds. The third-order valence-electron chi connectivity index (χ3n) is 4.94. The highest BCUT2D eigenvalue weighted by molar-refractivity contribution is 7.80. The zero-order chi connectivity index (χ0) is 22.0. The molecule has 1 saturated heterocycles. The van der Waals surface area contributed by atoms with Crippen molar-refractivity contribution in [3.8, 4) is 0 Å². The van der Waals surface area contributed by atoms with Crippen LogP contribution in [0.15, 0.2) is 59.5 Å². The van der Waals surface area contributed by atoms with Crippen molar-refractivity contribution in [3.05, 3.63) is 70.8 Å². The number of nitrogens with zero attached hydrogens (tertiary/aromatic N) is 2. The quantitative estimate of drug-likeness (QED) is 0.522. The van der Waals surface area contributed by atoms with Gasteiger partial charge in [-0.15, -0.1) is 0 Å². The number of aliphatic hydroxyl groups excluding tert-OH is 1. The van der Waals surface area contributed by atoms with Gasteiger partial charge in [0.1, 0.15) is 5.82 Å². The number of hydrogen-bond donors (Lipinski definition) is 3. The van der Waals surface area contributed by atoms with Gasteiger partial charge in [-0.1, -0.05) is 18.3 Å². The van der Waals surface area contributed by atoms with Gasteiger partial charge < -0.3 is 25.4 Å². The van der Waals surface area contributed by atoms with E-state index in [4.69, 9.17) is 17.0 Å². The van der Waals surface area contributed by atoms with Crippen LogP contribution in [0.1, 0.15) is 6.92 Å². The van der Waals surface area contributed by atoms with Crippen LogP contribution in [0.2, 0.25) is 0 Å². The number of rotatable bonds is 5. The molecule has 0 spiro atoms. The maximum absolute atomic E-state index is 14.9. The monoisotopic (exact) mass is 440 g/mol. The SMILES string of the molecule is CC(=S)NC[C@H]1CN(c2ccc(Nc3cc4cccnc4ccc3=O)c(F)c2)C(O)O1. The summed E-state index contributed by atoms with van der Waals surface area (Å²) in [7, 11) is 0. The molecule has 4 rings (SSSR count). The lowest BCUT2D eigenvalue weighted by atomic mass is 10.2. The Morgan fingerprint density at radius 3 is 2.90 bits per heavy atom. The van der Waals surface area contributed by atoms with E-state index in [2.05, 4.69) is 15.6 Å². The first kappa shape index (κ1) is 21.1. The van der Waals surface area contributed by atoms with Gasteiger partial charge in [-0.25, -0.2) is 4.39 Å². The van der Waals surface area contributed by atoms with Crippen LogP contribution < -0.4 is 21.0 Å². The fraction of sp³-hybridized carbons (Fsp3) is 0.227. The Morgan fingerprint density at radius 2 is 2.13 bits per heavy atom. The van der Waals surface area contributed by atoms with Gasteiger partial charge in [-0.2, -0.15) is 0 Å². The largest absolute Gasteiger partial charge is 0.377 e. The van der Waals surface area contributed by atoms with E-state index in [1.807, 2.05) is 6.07 Å². The highest BCUT2D eigenvalue weighted by Gasteiger charge is 2.31. The molecule has 160 valence electrons. The normalized spacial score (nSPS) is 18.2. The number of nitrogens with one attached hydrogen (secondary N) is 2. The van der Waals surface area contributed by atoms with Gasteiger partial charge in [-0.05, 0) is 49.4 Å². The van der Waals surface area contributed by atoms with Crippen molar-refractivity contribution >= 4 is 45.2 Å². The molecule has 2 heterocycles. The van der Waals surface area contributed by atoms with Crippen LogP contribution in [-0.4, -0.2) is 40.7 Å². The molecule has 1 fully saturated rings. The van der Waals surface area contributed by atoms with E-state index >= 15 is 0 Å². The Kier molecular flexibility index (Phi) is 6.08. The summed E-state index contributed by atoms with van der Waals surface area (Å²) in [6, 6.07) is 12.8. The second kappa shape index (κ2) is 8.93. The van der Waals surface area contributed by atoms with Crippen LogP contribution in [0.3, 0.4) is 0 Å². The molecule has 9 heteroatoms. The number of fused-ring (bicyclic) bond motifs is 1. The molecular formula is C22H21FN4O3S. The molecule has 7 nitrogen and oxygen atoms in total. The number of thiocarbonyl (C=S) groups is 1. The summed E-state index contributed by atoms with van der Waals surface area (Å²) >= 11 is 4.98. The molecule has 0 aliphatic carbocycles. The van der Waals surface area contributed by atoms with Crippen LogP contribution >= 0.6 is 12.2 Å². The Bertz CT molecular complexity index is 1190. The summed E-state index contributed by atoms with van der Waals surface area (Å²) in [5.41, 5.74) is 1.23. The van der Waals surface area contributed by atoms with Gasteiger partial charge in [0.15, 0.2) is 0 Å². The summed E-state index contributed by atoms with van der Waals surface area (Å²) in [6.07, 6.45) is 0.171. The van der Waals surface area contributed by atoms with Gasteiger partial charge in [-0.3, -0.25) is 9.78 Å². The minimum absolute atomic E-state index is 0.147. The second-order valence-electron chi connectivity index (χ2n) is 7.20. The van der Waals surface area contributed by atoms with Crippen molar-refractivity contribution in [2.75, 3.05) is 23.3 Å².